The van der Waals surface area contributed by atoms with Crippen LogP contribution in [-0.2, 0) is 11.2 Å². The molecule has 0 spiro atoms. The third-order valence-corrected chi connectivity index (χ3v) is 6.40. The molecule has 1 heterocycles. The molecule has 2 amide bonds. The molecule has 1 unspecified atom stereocenters. The van der Waals surface area contributed by atoms with Crippen molar-refractivity contribution in [2.75, 3.05) is 0 Å². The van der Waals surface area contributed by atoms with Crippen molar-refractivity contribution in [3.8, 4) is 22.4 Å². The Labute approximate surface area is 210 Å². The van der Waals surface area contributed by atoms with Crippen molar-refractivity contribution in [2.45, 2.75) is 18.9 Å². The number of carbonyl (C=O) groups is 2. The molecule has 0 saturated carbocycles. The summed E-state index contributed by atoms with van der Waals surface area (Å²) >= 11 is 0. The highest BCUT2D eigenvalue weighted by Gasteiger charge is 2.21. The quantitative estimate of drug-likeness (QED) is 0.269. The van der Waals surface area contributed by atoms with Crippen LogP contribution in [0.1, 0.15) is 22.3 Å². The number of fused-ring (bicyclic) bond motifs is 1. The van der Waals surface area contributed by atoms with Gasteiger partial charge in [-0.3, -0.25) is 9.59 Å². The molecule has 4 N–H and O–H groups in total. The Balaban J connectivity index is 1.48. The summed E-state index contributed by atoms with van der Waals surface area (Å²) in [6.45, 7) is 0. The number of aromatic nitrogens is 1. The van der Waals surface area contributed by atoms with Gasteiger partial charge < -0.3 is 16.0 Å². The Morgan fingerprint density at radius 2 is 1.39 bits per heavy atom. The Morgan fingerprint density at radius 1 is 0.778 bits per heavy atom. The van der Waals surface area contributed by atoms with E-state index in [4.69, 9.17) is 5.73 Å². The lowest BCUT2D eigenvalue weighted by atomic mass is 9.97. The maximum absolute atomic E-state index is 13.2. The van der Waals surface area contributed by atoms with Gasteiger partial charge in [-0.25, -0.2) is 0 Å². The van der Waals surface area contributed by atoms with Crippen molar-refractivity contribution in [3.05, 3.63) is 120 Å². The van der Waals surface area contributed by atoms with Gasteiger partial charge in [0.2, 0.25) is 5.91 Å². The van der Waals surface area contributed by atoms with Crippen LogP contribution in [-0.4, -0.2) is 22.8 Å². The lowest BCUT2D eigenvalue weighted by Crippen LogP contribution is -2.44. The SMILES string of the molecule is NC(=O)C(CCc1ccccc1)NC(=O)c1ccc2[nH]c(-c3ccccc3)c(-c3ccccc3)c2c1. The summed E-state index contributed by atoms with van der Waals surface area (Å²) in [7, 11) is 0. The summed E-state index contributed by atoms with van der Waals surface area (Å²) in [5, 5.41) is 3.78. The van der Waals surface area contributed by atoms with Crippen LogP contribution in [0.5, 0.6) is 0 Å². The minimum absolute atomic E-state index is 0.324. The first kappa shape index (κ1) is 23.1. The monoisotopic (exact) mass is 473 g/mol. The maximum atomic E-state index is 13.2. The van der Waals surface area contributed by atoms with E-state index < -0.39 is 11.9 Å². The second-order valence-corrected chi connectivity index (χ2v) is 8.82. The molecule has 5 aromatic rings. The van der Waals surface area contributed by atoms with E-state index in [9.17, 15) is 9.59 Å². The average Bonchev–Trinajstić information content (AvgIpc) is 3.31. The number of hydrogen-bond acceptors (Lipinski definition) is 2. The zero-order valence-corrected chi connectivity index (χ0v) is 19.8. The molecule has 36 heavy (non-hydrogen) atoms. The van der Waals surface area contributed by atoms with Gasteiger partial charge in [-0.15, -0.1) is 0 Å². The predicted molar refractivity (Wildman–Crippen MR) is 144 cm³/mol. The van der Waals surface area contributed by atoms with E-state index in [2.05, 4.69) is 34.6 Å². The summed E-state index contributed by atoms with van der Waals surface area (Å²) in [4.78, 5) is 28.8. The van der Waals surface area contributed by atoms with E-state index in [1.807, 2.05) is 78.9 Å². The highest BCUT2D eigenvalue weighted by molar-refractivity contribution is 6.07. The zero-order chi connectivity index (χ0) is 24.9. The molecule has 0 aliphatic rings. The molecule has 178 valence electrons. The standard InChI is InChI=1S/C31H27N3O2/c32-30(35)27(18-16-21-10-4-1-5-11-21)34-31(36)24-17-19-26-25(20-24)28(22-12-6-2-7-13-22)29(33-26)23-14-8-3-9-15-23/h1-15,17,19-20,27,33H,16,18H2,(H2,32,35)(H,34,36). The van der Waals surface area contributed by atoms with Crippen LogP contribution in [0.3, 0.4) is 0 Å². The first-order valence-corrected chi connectivity index (χ1v) is 12.0. The van der Waals surface area contributed by atoms with Crippen LogP contribution >= 0.6 is 0 Å². The number of hydrogen-bond donors (Lipinski definition) is 3. The van der Waals surface area contributed by atoms with Crippen molar-refractivity contribution in [3.63, 3.8) is 0 Å². The van der Waals surface area contributed by atoms with Crippen molar-refractivity contribution >= 4 is 22.7 Å². The number of carbonyl (C=O) groups excluding carboxylic acids is 2. The highest BCUT2D eigenvalue weighted by atomic mass is 16.2. The fourth-order valence-corrected chi connectivity index (χ4v) is 4.54. The molecule has 0 aliphatic heterocycles. The minimum Gasteiger partial charge on any atom is -0.368 e. The fourth-order valence-electron chi connectivity index (χ4n) is 4.54. The molecule has 0 saturated heterocycles. The second kappa shape index (κ2) is 10.3. The highest BCUT2D eigenvalue weighted by Crippen LogP contribution is 2.38. The number of amides is 2. The molecule has 1 aromatic heterocycles. The van der Waals surface area contributed by atoms with E-state index in [1.165, 1.54) is 0 Å². The molecule has 0 aliphatic carbocycles. The summed E-state index contributed by atoms with van der Waals surface area (Å²) in [6.07, 6.45) is 1.08. The van der Waals surface area contributed by atoms with Gasteiger partial charge in [0.1, 0.15) is 6.04 Å². The van der Waals surface area contributed by atoms with Gasteiger partial charge >= 0.3 is 0 Å². The van der Waals surface area contributed by atoms with Gasteiger partial charge in [-0.1, -0.05) is 91.0 Å². The van der Waals surface area contributed by atoms with Crippen molar-refractivity contribution in [2.24, 2.45) is 5.73 Å². The van der Waals surface area contributed by atoms with Gasteiger partial charge in [-0.05, 0) is 47.7 Å². The lowest BCUT2D eigenvalue weighted by molar-refractivity contribution is -0.120. The minimum atomic E-state index is -0.756. The fraction of sp³-hybridized carbons (Fsp3) is 0.0968. The third kappa shape index (κ3) is 4.91. The van der Waals surface area contributed by atoms with Gasteiger partial charge in [0.05, 0.1) is 5.69 Å². The average molecular weight is 474 g/mol. The van der Waals surface area contributed by atoms with Crippen molar-refractivity contribution in [1.29, 1.82) is 0 Å². The van der Waals surface area contributed by atoms with Gasteiger partial charge in [0.25, 0.3) is 5.91 Å². The molecule has 5 nitrogen and oxygen atoms in total. The number of aromatic amines is 1. The van der Waals surface area contributed by atoms with Crippen molar-refractivity contribution in [1.82, 2.24) is 10.3 Å². The summed E-state index contributed by atoms with van der Waals surface area (Å²) in [5.41, 5.74) is 12.3. The number of rotatable bonds is 8. The zero-order valence-electron chi connectivity index (χ0n) is 19.8. The number of aryl methyl sites for hydroxylation is 1. The molecule has 0 fully saturated rings. The Kier molecular flexibility index (Phi) is 6.63. The summed E-state index contributed by atoms with van der Waals surface area (Å²) < 4.78 is 0. The number of benzene rings is 4. The maximum Gasteiger partial charge on any atom is 0.251 e. The number of primary amides is 1. The van der Waals surface area contributed by atoms with E-state index >= 15 is 0 Å². The first-order valence-electron chi connectivity index (χ1n) is 12.0. The third-order valence-electron chi connectivity index (χ3n) is 6.40. The van der Waals surface area contributed by atoms with E-state index in [0.29, 0.717) is 18.4 Å². The topological polar surface area (TPSA) is 88.0 Å². The van der Waals surface area contributed by atoms with Crippen LogP contribution in [0.25, 0.3) is 33.3 Å². The van der Waals surface area contributed by atoms with Crippen LogP contribution in [0, 0.1) is 0 Å². The number of nitrogens with one attached hydrogen (secondary N) is 2. The largest absolute Gasteiger partial charge is 0.368 e. The molecule has 4 aromatic carbocycles. The summed E-state index contributed by atoms with van der Waals surface area (Å²) in [6, 6.07) is 34.9. The first-order chi connectivity index (χ1) is 17.6. The number of H-pyrrole nitrogens is 1. The molecule has 5 heteroatoms. The van der Waals surface area contributed by atoms with Gasteiger partial charge in [-0.2, -0.15) is 0 Å². The van der Waals surface area contributed by atoms with Gasteiger partial charge in [0.15, 0.2) is 0 Å². The molecule has 5 rings (SSSR count). The predicted octanol–water partition coefficient (Wildman–Crippen LogP) is 5.72. The number of nitrogens with two attached hydrogens (primary N) is 1. The smallest absolute Gasteiger partial charge is 0.251 e. The van der Waals surface area contributed by atoms with Crippen LogP contribution in [0.4, 0.5) is 0 Å². The van der Waals surface area contributed by atoms with E-state index in [0.717, 1.165) is 38.9 Å². The van der Waals surface area contributed by atoms with Crippen LogP contribution in [0.15, 0.2) is 109 Å². The summed E-state index contributed by atoms with van der Waals surface area (Å²) in [5.74, 6) is -0.867. The van der Waals surface area contributed by atoms with Crippen LogP contribution in [0.2, 0.25) is 0 Å². The van der Waals surface area contributed by atoms with E-state index in [1.54, 1.807) is 6.07 Å². The Morgan fingerprint density at radius 3 is 2.03 bits per heavy atom. The second-order valence-electron chi connectivity index (χ2n) is 8.82. The molecule has 0 radical (unpaired) electrons. The van der Waals surface area contributed by atoms with Gasteiger partial charge in [0, 0.05) is 22.0 Å². The molecule has 0 bridgehead atoms. The molecular weight excluding hydrogens is 446 g/mol. The van der Waals surface area contributed by atoms with E-state index in [-0.39, 0.29) is 5.91 Å². The normalized spacial score (nSPS) is 11.8. The lowest BCUT2D eigenvalue weighted by Gasteiger charge is -2.16. The van der Waals surface area contributed by atoms with Crippen LogP contribution < -0.4 is 11.1 Å². The Hall–Kier alpha value is -4.64. The molecule has 1 atom stereocenters. The Bertz CT molecular complexity index is 1490. The van der Waals surface area contributed by atoms with Crippen molar-refractivity contribution < 1.29 is 9.59 Å². The molecular formula is C31H27N3O2.